The van der Waals surface area contributed by atoms with Gasteiger partial charge >= 0.3 is 6.09 Å². The van der Waals surface area contributed by atoms with Crippen LogP contribution in [0.5, 0.6) is 0 Å². The third kappa shape index (κ3) is 6.45. The standard InChI is InChI=1S/C23H33N3O3/c1-23(2,3)29-22(28)26-14-19-10-20(15-26)13-25(12-19)16-21(27)9-8-17-4-6-18(11-24)7-5-17/h4-7,19-21,27H,8-10,12-16H2,1-3H3. The van der Waals surface area contributed by atoms with Gasteiger partial charge in [0.15, 0.2) is 0 Å². The first-order valence-electron chi connectivity index (χ1n) is 10.6. The molecule has 2 saturated heterocycles. The molecule has 0 aromatic heterocycles. The first kappa shape index (κ1) is 21.6. The van der Waals surface area contributed by atoms with Crippen LogP contribution in [0.1, 0.15) is 44.7 Å². The van der Waals surface area contributed by atoms with Crippen LogP contribution in [0.2, 0.25) is 0 Å². The second kappa shape index (κ2) is 9.15. The van der Waals surface area contributed by atoms with Crippen molar-refractivity contribution in [2.45, 2.75) is 51.7 Å². The summed E-state index contributed by atoms with van der Waals surface area (Å²) in [6, 6.07) is 9.69. The highest BCUT2D eigenvalue weighted by Crippen LogP contribution is 2.29. The molecule has 3 atom stereocenters. The van der Waals surface area contributed by atoms with Crippen molar-refractivity contribution in [3.8, 4) is 6.07 Å². The molecule has 0 spiro atoms. The zero-order valence-corrected chi connectivity index (χ0v) is 17.8. The molecule has 158 valence electrons. The number of fused-ring (bicyclic) bond motifs is 2. The first-order chi connectivity index (χ1) is 13.7. The molecule has 1 amide bonds. The van der Waals surface area contributed by atoms with E-state index >= 15 is 0 Å². The predicted molar refractivity (Wildman–Crippen MR) is 111 cm³/mol. The molecule has 2 aliphatic heterocycles. The number of piperidine rings is 2. The molecule has 1 aromatic rings. The Kier molecular flexibility index (Phi) is 6.81. The fraction of sp³-hybridized carbons (Fsp3) is 0.652. The zero-order valence-electron chi connectivity index (χ0n) is 17.8. The van der Waals surface area contributed by atoms with Gasteiger partial charge in [0.05, 0.1) is 17.7 Å². The van der Waals surface area contributed by atoms with Crippen LogP contribution < -0.4 is 0 Å². The highest BCUT2D eigenvalue weighted by atomic mass is 16.6. The van der Waals surface area contributed by atoms with Gasteiger partial charge in [0.25, 0.3) is 0 Å². The number of benzene rings is 1. The SMILES string of the molecule is CC(C)(C)OC(=O)N1CC2CC(CN(CC(O)CCc3ccc(C#N)cc3)C2)C1. The largest absolute Gasteiger partial charge is 0.444 e. The normalized spacial score (nSPS) is 23.3. The van der Waals surface area contributed by atoms with Gasteiger partial charge in [0.1, 0.15) is 5.60 Å². The second-order valence-electron chi connectivity index (χ2n) is 9.57. The van der Waals surface area contributed by atoms with Crippen molar-refractivity contribution in [3.63, 3.8) is 0 Å². The Morgan fingerprint density at radius 1 is 1.21 bits per heavy atom. The van der Waals surface area contributed by atoms with Crippen molar-refractivity contribution in [1.29, 1.82) is 5.26 Å². The molecular formula is C23H33N3O3. The summed E-state index contributed by atoms with van der Waals surface area (Å²) in [7, 11) is 0. The summed E-state index contributed by atoms with van der Waals surface area (Å²) in [6.07, 6.45) is 2.09. The highest BCUT2D eigenvalue weighted by molar-refractivity contribution is 5.68. The quantitative estimate of drug-likeness (QED) is 0.824. The average molecular weight is 400 g/mol. The number of aliphatic hydroxyl groups excluding tert-OH is 1. The van der Waals surface area contributed by atoms with Crippen molar-refractivity contribution in [3.05, 3.63) is 35.4 Å². The van der Waals surface area contributed by atoms with Crippen LogP contribution in [0.4, 0.5) is 4.79 Å². The first-order valence-corrected chi connectivity index (χ1v) is 10.6. The fourth-order valence-corrected chi connectivity index (χ4v) is 4.48. The Bertz CT molecular complexity index is 721. The van der Waals surface area contributed by atoms with Crippen LogP contribution in [0.25, 0.3) is 0 Å². The van der Waals surface area contributed by atoms with Crippen molar-refractivity contribution in [2.75, 3.05) is 32.7 Å². The Labute approximate surface area is 174 Å². The molecule has 29 heavy (non-hydrogen) atoms. The number of β-amino-alcohol motifs (C(OH)–C–C–N with tert-alkyl or cyclic N) is 1. The fourth-order valence-electron chi connectivity index (χ4n) is 4.48. The van der Waals surface area contributed by atoms with Crippen molar-refractivity contribution >= 4 is 6.09 Å². The number of ether oxygens (including phenoxy) is 1. The lowest BCUT2D eigenvalue weighted by Gasteiger charge is -2.46. The number of nitrogens with zero attached hydrogens (tertiary/aromatic N) is 3. The lowest BCUT2D eigenvalue weighted by Crippen LogP contribution is -2.55. The van der Waals surface area contributed by atoms with E-state index in [1.807, 2.05) is 49.9 Å². The molecule has 6 heteroatoms. The van der Waals surface area contributed by atoms with Gasteiger partial charge in [0.2, 0.25) is 0 Å². The second-order valence-corrected chi connectivity index (χ2v) is 9.57. The van der Waals surface area contributed by atoms with Gasteiger partial charge in [-0.25, -0.2) is 4.79 Å². The number of carbonyl (C=O) groups excluding carboxylic acids is 1. The van der Waals surface area contributed by atoms with E-state index in [9.17, 15) is 9.90 Å². The van der Waals surface area contributed by atoms with E-state index in [0.717, 1.165) is 44.6 Å². The highest BCUT2D eigenvalue weighted by Gasteiger charge is 2.37. The van der Waals surface area contributed by atoms with Crippen LogP contribution in [-0.2, 0) is 11.2 Å². The summed E-state index contributed by atoms with van der Waals surface area (Å²) in [5, 5.41) is 19.4. The number of hydrogen-bond acceptors (Lipinski definition) is 5. The maximum absolute atomic E-state index is 12.4. The molecule has 1 N–H and O–H groups in total. The molecule has 3 unspecified atom stereocenters. The number of likely N-dealkylation sites (tertiary alicyclic amines) is 2. The van der Waals surface area contributed by atoms with Crippen molar-refractivity contribution in [2.24, 2.45) is 11.8 Å². The number of hydrogen-bond donors (Lipinski definition) is 1. The van der Waals surface area contributed by atoms with Gasteiger partial charge in [-0.15, -0.1) is 0 Å². The monoisotopic (exact) mass is 399 g/mol. The molecule has 2 heterocycles. The minimum Gasteiger partial charge on any atom is -0.444 e. The predicted octanol–water partition coefficient (Wildman–Crippen LogP) is 3.04. The van der Waals surface area contributed by atoms with Crippen LogP contribution in [-0.4, -0.2) is 65.4 Å². The molecule has 2 fully saturated rings. The Balaban J connectivity index is 1.44. The number of amides is 1. The third-order valence-corrected chi connectivity index (χ3v) is 5.63. The van der Waals surface area contributed by atoms with Crippen LogP contribution >= 0.6 is 0 Å². The molecule has 2 bridgehead atoms. The van der Waals surface area contributed by atoms with Gasteiger partial charge in [0, 0.05) is 32.7 Å². The lowest BCUT2D eigenvalue weighted by molar-refractivity contribution is -0.0170. The summed E-state index contributed by atoms with van der Waals surface area (Å²) in [4.78, 5) is 16.6. The minimum absolute atomic E-state index is 0.205. The van der Waals surface area contributed by atoms with Gasteiger partial charge in [-0.05, 0) is 69.6 Å². The van der Waals surface area contributed by atoms with E-state index in [0.29, 0.717) is 30.4 Å². The molecule has 0 aliphatic carbocycles. The lowest BCUT2D eigenvalue weighted by atomic mass is 9.84. The van der Waals surface area contributed by atoms with Gasteiger partial charge < -0.3 is 19.6 Å². The van der Waals surface area contributed by atoms with E-state index < -0.39 is 5.60 Å². The summed E-state index contributed by atoms with van der Waals surface area (Å²) in [6.45, 7) is 9.69. The topological polar surface area (TPSA) is 76.8 Å². The maximum Gasteiger partial charge on any atom is 0.410 e. The molecule has 3 rings (SSSR count). The van der Waals surface area contributed by atoms with E-state index in [1.54, 1.807) is 0 Å². The van der Waals surface area contributed by atoms with Crippen molar-refractivity contribution in [1.82, 2.24) is 9.80 Å². The number of carbonyl (C=O) groups is 1. The van der Waals surface area contributed by atoms with E-state index in [-0.39, 0.29) is 12.2 Å². The Hall–Kier alpha value is -2.10. The van der Waals surface area contributed by atoms with E-state index in [1.165, 1.54) is 0 Å². The van der Waals surface area contributed by atoms with E-state index in [4.69, 9.17) is 10.00 Å². The zero-order chi connectivity index (χ0) is 21.0. The smallest absolute Gasteiger partial charge is 0.410 e. The molecular weight excluding hydrogens is 366 g/mol. The molecule has 1 aromatic carbocycles. The summed E-state index contributed by atoms with van der Waals surface area (Å²) >= 11 is 0. The van der Waals surface area contributed by atoms with Crippen molar-refractivity contribution < 1.29 is 14.6 Å². The van der Waals surface area contributed by atoms with Gasteiger partial charge in [-0.2, -0.15) is 5.26 Å². The number of aliphatic hydroxyl groups is 1. The summed E-state index contributed by atoms with van der Waals surface area (Å²) < 4.78 is 5.54. The van der Waals surface area contributed by atoms with Crippen LogP contribution in [0.3, 0.4) is 0 Å². The summed E-state index contributed by atoms with van der Waals surface area (Å²) in [5.74, 6) is 0.890. The molecule has 2 aliphatic rings. The average Bonchev–Trinajstić information content (AvgIpc) is 2.64. The van der Waals surface area contributed by atoms with Crippen LogP contribution in [0.15, 0.2) is 24.3 Å². The number of rotatable bonds is 5. The van der Waals surface area contributed by atoms with Crippen LogP contribution in [0, 0.1) is 23.2 Å². The molecule has 0 radical (unpaired) electrons. The number of aryl methyl sites for hydroxylation is 1. The number of nitriles is 1. The van der Waals surface area contributed by atoms with Gasteiger partial charge in [-0.3, -0.25) is 0 Å². The minimum atomic E-state index is -0.464. The maximum atomic E-state index is 12.4. The Morgan fingerprint density at radius 2 is 1.83 bits per heavy atom. The van der Waals surface area contributed by atoms with Gasteiger partial charge in [-0.1, -0.05) is 12.1 Å². The molecule has 6 nitrogen and oxygen atoms in total. The molecule has 0 saturated carbocycles. The summed E-state index contributed by atoms with van der Waals surface area (Å²) in [5.41, 5.74) is 1.34. The van der Waals surface area contributed by atoms with E-state index in [2.05, 4.69) is 11.0 Å². The Morgan fingerprint density at radius 3 is 2.38 bits per heavy atom. The third-order valence-electron chi connectivity index (χ3n) is 5.63.